The molecule has 0 radical (unpaired) electrons. The van der Waals surface area contributed by atoms with Crippen LogP contribution in [0.25, 0.3) is 0 Å². The first kappa shape index (κ1) is 21.4. The van der Waals surface area contributed by atoms with E-state index in [0.717, 1.165) is 38.4 Å². The van der Waals surface area contributed by atoms with E-state index in [1.165, 1.54) is 7.11 Å². The van der Waals surface area contributed by atoms with Gasteiger partial charge in [0.05, 0.1) is 25.9 Å². The number of aromatic amines is 1. The number of carbonyl (C=O) groups is 2. The molecule has 1 unspecified atom stereocenters. The van der Waals surface area contributed by atoms with Crippen molar-refractivity contribution in [2.24, 2.45) is 5.92 Å². The quantitative estimate of drug-likeness (QED) is 0.676. The zero-order valence-electron chi connectivity index (χ0n) is 17.2. The molecule has 0 bridgehead atoms. The van der Waals surface area contributed by atoms with Gasteiger partial charge in [-0.25, -0.2) is 4.79 Å². The van der Waals surface area contributed by atoms with Crippen LogP contribution in [0.4, 0.5) is 0 Å². The average molecular weight is 380 g/mol. The Bertz CT molecular complexity index is 648. The minimum absolute atomic E-state index is 0.181. The van der Waals surface area contributed by atoms with Gasteiger partial charge in [-0.2, -0.15) is 0 Å². The Morgan fingerprint density at radius 3 is 2.52 bits per heavy atom. The van der Waals surface area contributed by atoms with Crippen LogP contribution in [0.5, 0.6) is 0 Å². The molecule has 27 heavy (non-hydrogen) atoms. The SMILES string of the molecule is CCc1[nH]c(C(=O)NCC(CC(C)C)N2CCOCC2)c(C)c1C(=O)OC. The van der Waals surface area contributed by atoms with Crippen molar-refractivity contribution in [2.75, 3.05) is 40.0 Å². The van der Waals surface area contributed by atoms with E-state index in [9.17, 15) is 9.59 Å². The number of nitrogens with one attached hydrogen (secondary N) is 2. The smallest absolute Gasteiger partial charge is 0.339 e. The number of aromatic nitrogens is 1. The molecular formula is C20H33N3O4. The van der Waals surface area contributed by atoms with Crippen LogP contribution < -0.4 is 5.32 Å². The van der Waals surface area contributed by atoms with Crippen molar-refractivity contribution < 1.29 is 19.1 Å². The van der Waals surface area contributed by atoms with Crippen LogP contribution >= 0.6 is 0 Å². The molecule has 0 saturated carbocycles. The summed E-state index contributed by atoms with van der Waals surface area (Å²) in [6.07, 6.45) is 1.64. The molecule has 1 aromatic rings. The summed E-state index contributed by atoms with van der Waals surface area (Å²) in [6.45, 7) is 11.9. The second-order valence-corrected chi connectivity index (χ2v) is 7.47. The Kier molecular flexibility index (Phi) is 7.86. The van der Waals surface area contributed by atoms with Crippen LogP contribution in [0, 0.1) is 12.8 Å². The number of methoxy groups -OCH3 is 1. The van der Waals surface area contributed by atoms with Crippen LogP contribution in [0.1, 0.15) is 59.3 Å². The largest absolute Gasteiger partial charge is 0.465 e. The molecular weight excluding hydrogens is 346 g/mol. The molecule has 152 valence electrons. The summed E-state index contributed by atoms with van der Waals surface area (Å²) in [7, 11) is 1.35. The molecule has 1 atom stereocenters. The lowest BCUT2D eigenvalue weighted by Crippen LogP contribution is -2.49. The summed E-state index contributed by atoms with van der Waals surface area (Å²) >= 11 is 0. The number of H-pyrrole nitrogens is 1. The number of carbonyl (C=O) groups excluding carboxylic acids is 2. The van der Waals surface area contributed by atoms with Crippen molar-refractivity contribution in [3.63, 3.8) is 0 Å². The summed E-state index contributed by atoms with van der Waals surface area (Å²) in [5.41, 5.74) is 2.29. The fourth-order valence-corrected chi connectivity index (χ4v) is 3.68. The summed E-state index contributed by atoms with van der Waals surface area (Å²) in [5, 5.41) is 3.06. The molecule has 7 nitrogen and oxygen atoms in total. The van der Waals surface area contributed by atoms with E-state index >= 15 is 0 Å². The van der Waals surface area contributed by atoms with Crippen molar-refractivity contribution in [2.45, 2.75) is 46.6 Å². The third kappa shape index (κ3) is 5.32. The van der Waals surface area contributed by atoms with Gasteiger partial charge in [0, 0.05) is 31.4 Å². The molecule has 0 aromatic carbocycles. The first-order chi connectivity index (χ1) is 12.9. The van der Waals surface area contributed by atoms with Gasteiger partial charge in [-0.05, 0) is 31.2 Å². The van der Waals surface area contributed by atoms with E-state index in [1.807, 2.05) is 6.92 Å². The number of hydrogen-bond acceptors (Lipinski definition) is 5. The molecule has 1 aliphatic heterocycles. The number of esters is 1. The lowest BCUT2D eigenvalue weighted by Gasteiger charge is -2.35. The molecule has 2 N–H and O–H groups in total. The van der Waals surface area contributed by atoms with Gasteiger partial charge in [-0.1, -0.05) is 20.8 Å². The number of nitrogens with zero attached hydrogens (tertiary/aromatic N) is 1. The molecule has 1 aliphatic rings. The number of rotatable bonds is 8. The lowest BCUT2D eigenvalue weighted by atomic mass is 10.0. The highest BCUT2D eigenvalue weighted by Gasteiger charge is 2.26. The average Bonchev–Trinajstić information content (AvgIpc) is 3.01. The highest BCUT2D eigenvalue weighted by Crippen LogP contribution is 2.20. The van der Waals surface area contributed by atoms with Gasteiger partial charge in [0.25, 0.3) is 5.91 Å². The van der Waals surface area contributed by atoms with Gasteiger partial charge < -0.3 is 19.8 Å². The Balaban J connectivity index is 2.10. The van der Waals surface area contributed by atoms with E-state index in [-0.39, 0.29) is 11.9 Å². The zero-order valence-corrected chi connectivity index (χ0v) is 17.2. The van der Waals surface area contributed by atoms with Gasteiger partial charge >= 0.3 is 5.97 Å². The molecule has 1 fully saturated rings. The molecule has 2 rings (SSSR count). The highest BCUT2D eigenvalue weighted by molar-refractivity contribution is 6.00. The number of aryl methyl sites for hydroxylation is 1. The minimum Gasteiger partial charge on any atom is -0.465 e. The predicted octanol–water partition coefficient (Wildman–Crippen LogP) is 2.15. The molecule has 2 heterocycles. The summed E-state index contributed by atoms with van der Waals surface area (Å²) in [4.78, 5) is 30.3. The Morgan fingerprint density at radius 1 is 1.30 bits per heavy atom. The molecule has 0 aliphatic carbocycles. The number of ether oxygens (including phenoxy) is 2. The maximum absolute atomic E-state index is 12.8. The van der Waals surface area contributed by atoms with Gasteiger partial charge in [0.15, 0.2) is 0 Å². The summed E-state index contributed by atoms with van der Waals surface area (Å²) < 4.78 is 10.3. The first-order valence-electron chi connectivity index (χ1n) is 9.78. The van der Waals surface area contributed by atoms with Gasteiger partial charge in [-0.3, -0.25) is 9.69 Å². The first-order valence-corrected chi connectivity index (χ1v) is 9.78. The lowest BCUT2D eigenvalue weighted by molar-refractivity contribution is 0.0124. The monoisotopic (exact) mass is 379 g/mol. The fraction of sp³-hybridized carbons (Fsp3) is 0.700. The second kappa shape index (κ2) is 9.90. The number of hydrogen-bond donors (Lipinski definition) is 2. The van der Waals surface area contributed by atoms with Crippen LogP contribution in [-0.4, -0.2) is 67.8 Å². The second-order valence-electron chi connectivity index (χ2n) is 7.47. The Morgan fingerprint density at radius 2 is 1.96 bits per heavy atom. The third-order valence-corrected chi connectivity index (χ3v) is 5.10. The molecule has 1 aromatic heterocycles. The van der Waals surface area contributed by atoms with Crippen molar-refractivity contribution in [3.8, 4) is 0 Å². The van der Waals surface area contributed by atoms with Crippen LogP contribution in [-0.2, 0) is 15.9 Å². The highest BCUT2D eigenvalue weighted by atomic mass is 16.5. The van der Waals surface area contributed by atoms with Crippen molar-refractivity contribution in [1.29, 1.82) is 0 Å². The van der Waals surface area contributed by atoms with E-state index in [1.54, 1.807) is 6.92 Å². The van der Waals surface area contributed by atoms with Crippen molar-refractivity contribution in [3.05, 3.63) is 22.5 Å². The van der Waals surface area contributed by atoms with Crippen molar-refractivity contribution in [1.82, 2.24) is 15.2 Å². The van der Waals surface area contributed by atoms with Crippen LogP contribution in [0.15, 0.2) is 0 Å². The van der Waals surface area contributed by atoms with Crippen LogP contribution in [0.2, 0.25) is 0 Å². The molecule has 7 heteroatoms. The Hall–Kier alpha value is -1.86. The van der Waals surface area contributed by atoms with E-state index in [4.69, 9.17) is 9.47 Å². The van der Waals surface area contributed by atoms with Crippen molar-refractivity contribution >= 4 is 11.9 Å². The van der Waals surface area contributed by atoms with E-state index in [2.05, 4.69) is 29.0 Å². The predicted molar refractivity (Wildman–Crippen MR) is 104 cm³/mol. The summed E-state index contributed by atoms with van der Waals surface area (Å²) in [5.74, 6) is -0.0513. The van der Waals surface area contributed by atoms with E-state index < -0.39 is 5.97 Å². The fourth-order valence-electron chi connectivity index (χ4n) is 3.68. The van der Waals surface area contributed by atoms with E-state index in [0.29, 0.717) is 35.7 Å². The third-order valence-electron chi connectivity index (χ3n) is 5.10. The molecule has 0 spiro atoms. The van der Waals surface area contributed by atoms with Crippen LogP contribution in [0.3, 0.4) is 0 Å². The normalized spacial score (nSPS) is 16.4. The number of morpholine rings is 1. The topological polar surface area (TPSA) is 83.7 Å². The molecule has 1 saturated heterocycles. The minimum atomic E-state index is -0.411. The van der Waals surface area contributed by atoms with Gasteiger partial charge in [0.1, 0.15) is 5.69 Å². The Labute approximate surface area is 161 Å². The zero-order chi connectivity index (χ0) is 20.0. The summed E-state index contributed by atoms with van der Waals surface area (Å²) in [6, 6.07) is 0.277. The maximum atomic E-state index is 12.8. The number of amides is 1. The van der Waals surface area contributed by atoms with Gasteiger partial charge in [0.2, 0.25) is 0 Å². The van der Waals surface area contributed by atoms with Gasteiger partial charge in [-0.15, -0.1) is 0 Å². The molecule has 1 amide bonds. The maximum Gasteiger partial charge on any atom is 0.339 e. The standard InChI is InChI=1S/C20H33N3O4/c1-6-16-17(20(25)26-5)14(4)18(22-16)19(24)21-12-15(11-13(2)3)23-7-9-27-10-8-23/h13,15,22H,6-12H2,1-5H3,(H,21,24).